The van der Waals surface area contributed by atoms with Gasteiger partial charge in [-0.3, -0.25) is 4.79 Å². The van der Waals surface area contributed by atoms with Crippen molar-refractivity contribution in [3.63, 3.8) is 0 Å². The molecule has 1 aromatic rings. The molecule has 1 atom stereocenters. The first kappa shape index (κ1) is 11.9. The Morgan fingerprint density at radius 3 is 2.76 bits per heavy atom. The molecule has 1 fully saturated rings. The van der Waals surface area contributed by atoms with Gasteiger partial charge in [-0.15, -0.1) is 0 Å². The molecule has 92 valence electrons. The molecule has 1 saturated heterocycles. The summed E-state index contributed by atoms with van der Waals surface area (Å²) in [4.78, 5) is 19.5. The van der Waals surface area contributed by atoms with Gasteiger partial charge in [0.15, 0.2) is 0 Å². The maximum atomic E-state index is 11.7. The molecule has 0 radical (unpaired) electrons. The molecule has 5 nitrogen and oxygen atoms in total. The predicted octanol–water partition coefficient (Wildman–Crippen LogP) is 0.354. The van der Waals surface area contributed by atoms with Crippen LogP contribution >= 0.6 is 0 Å². The largest absolute Gasteiger partial charge is 0.391 e. The number of pyridine rings is 1. The number of aliphatic hydroxyl groups excluding tert-OH is 1. The van der Waals surface area contributed by atoms with E-state index in [1.54, 1.807) is 26.4 Å². The summed E-state index contributed by atoms with van der Waals surface area (Å²) in [5.41, 5.74) is 0.582. The standard InChI is InChI=1S/C12H17N3O2/c1-14(2)12(17)9-3-4-11(13-7-9)15-6-5-10(16)8-15/h3-4,7,10,16H,5-6,8H2,1-2H3. The summed E-state index contributed by atoms with van der Waals surface area (Å²) < 4.78 is 0. The van der Waals surface area contributed by atoms with E-state index in [0.717, 1.165) is 18.8 Å². The minimum atomic E-state index is -0.264. The van der Waals surface area contributed by atoms with Crippen LogP contribution in [0.3, 0.4) is 0 Å². The van der Waals surface area contributed by atoms with Crippen LogP contribution in [0.2, 0.25) is 0 Å². The summed E-state index contributed by atoms with van der Waals surface area (Å²) in [6.07, 6.45) is 2.10. The molecule has 0 aliphatic carbocycles. The van der Waals surface area contributed by atoms with Crippen molar-refractivity contribution in [2.75, 3.05) is 32.1 Å². The van der Waals surface area contributed by atoms with E-state index in [1.165, 1.54) is 4.90 Å². The van der Waals surface area contributed by atoms with Crippen molar-refractivity contribution in [2.24, 2.45) is 0 Å². The monoisotopic (exact) mass is 235 g/mol. The van der Waals surface area contributed by atoms with Crippen LogP contribution in [0.5, 0.6) is 0 Å². The Hall–Kier alpha value is -1.62. The van der Waals surface area contributed by atoms with Gasteiger partial charge < -0.3 is 14.9 Å². The first-order valence-corrected chi connectivity index (χ1v) is 5.68. The Bertz CT molecular complexity index is 403. The number of hydrogen-bond donors (Lipinski definition) is 1. The average Bonchev–Trinajstić information content (AvgIpc) is 2.75. The first-order valence-electron chi connectivity index (χ1n) is 5.68. The van der Waals surface area contributed by atoms with Crippen LogP contribution in [0, 0.1) is 0 Å². The lowest BCUT2D eigenvalue weighted by molar-refractivity contribution is 0.0827. The molecule has 17 heavy (non-hydrogen) atoms. The van der Waals surface area contributed by atoms with Crippen molar-refractivity contribution >= 4 is 11.7 Å². The topological polar surface area (TPSA) is 56.7 Å². The number of aliphatic hydroxyl groups is 1. The van der Waals surface area contributed by atoms with Gasteiger partial charge in [-0.25, -0.2) is 4.98 Å². The molecule has 0 saturated carbocycles. The van der Waals surface area contributed by atoms with Crippen molar-refractivity contribution in [3.8, 4) is 0 Å². The third kappa shape index (κ3) is 2.55. The van der Waals surface area contributed by atoms with Crippen LogP contribution in [-0.4, -0.2) is 54.2 Å². The highest BCUT2D eigenvalue weighted by molar-refractivity contribution is 5.93. The first-order chi connectivity index (χ1) is 8.08. The average molecular weight is 235 g/mol. The van der Waals surface area contributed by atoms with Gasteiger partial charge in [0, 0.05) is 33.4 Å². The van der Waals surface area contributed by atoms with Crippen molar-refractivity contribution in [2.45, 2.75) is 12.5 Å². The zero-order valence-corrected chi connectivity index (χ0v) is 10.1. The highest BCUT2D eigenvalue weighted by Gasteiger charge is 2.21. The number of amides is 1. The third-order valence-corrected chi connectivity index (χ3v) is 2.89. The molecule has 0 spiro atoms. The number of carbonyl (C=O) groups excluding carboxylic acids is 1. The van der Waals surface area contributed by atoms with Gasteiger partial charge in [-0.1, -0.05) is 0 Å². The Labute approximate surface area is 101 Å². The lowest BCUT2D eigenvalue weighted by Crippen LogP contribution is -2.24. The number of aromatic nitrogens is 1. The van der Waals surface area contributed by atoms with E-state index < -0.39 is 0 Å². The Morgan fingerprint density at radius 2 is 2.29 bits per heavy atom. The Morgan fingerprint density at radius 1 is 1.53 bits per heavy atom. The van der Waals surface area contributed by atoms with E-state index in [-0.39, 0.29) is 12.0 Å². The summed E-state index contributed by atoms with van der Waals surface area (Å²) in [5, 5.41) is 9.45. The van der Waals surface area contributed by atoms with Crippen molar-refractivity contribution in [1.29, 1.82) is 0 Å². The highest BCUT2D eigenvalue weighted by Crippen LogP contribution is 2.18. The SMILES string of the molecule is CN(C)C(=O)c1ccc(N2CCC(O)C2)nc1. The van der Waals surface area contributed by atoms with E-state index in [9.17, 15) is 9.90 Å². The maximum absolute atomic E-state index is 11.7. The van der Waals surface area contributed by atoms with Gasteiger partial charge in [0.2, 0.25) is 0 Å². The summed E-state index contributed by atoms with van der Waals surface area (Å²) >= 11 is 0. The molecular weight excluding hydrogens is 218 g/mol. The summed E-state index contributed by atoms with van der Waals surface area (Å²) in [6, 6.07) is 3.60. The molecule has 1 N–H and O–H groups in total. The van der Waals surface area contributed by atoms with E-state index in [0.29, 0.717) is 12.1 Å². The van der Waals surface area contributed by atoms with Gasteiger partial charge in [-0.2, -0.15) is 0 Å². The lowest BCUT2D eigenvalue weighted by atomic mass is 10.2. The smallest absolute Gasteiger partial charge is 0.254 e. The molecule has 1 aliphatic heterocycles. The summed E-state index contributed by atoms with van der Waals surface area (Å²) in [7, 11) is 3.43. The highest BCUT2D eigenvalue weighted by atomic mass is 16.3. The molecule has 2 rings (SSSR count). The van der Waals surface area contributed by atoms with Crippen LogP contribution < -0.4 is 4.90 Å². The van der Waals surface area contributed by atoms with Gasteiger partial charge >= 0.3 is 0 Å². The predicted molar refractivity (Wildman–Crippen MR) is 65.1 cm³/mol. The summed E-state index contributed by atoms with van der Waals surface area (Å²) in [5.74, 6) is 0.766. The zero-order chi connectivity index (χ0) is 12.4. The number of rotatable bonds is 2. The molecular formula is C12H17N3O2. The Kier molecular flexibility index (Phi) is 3.28. The molecule has 1 aliphatic rings. The minimum Gasteiger partial charge on any atom is -0.391 e. The van der Waals surface area contributed by atoms with Gasteiger partial charge in [-0.05, 0) is 18.6 Å². The maximum Gasteiger partial charge on any atom is 0.254 e. The summed E-state index contributed by atoms with van der Waals surface area (Å²) in [6.45, 7) is 1.43. The lowest BCUT2D eigenvalue weighted by Gasteiger charge is -2.17. The molecule has 1 aromatic heterocycles. The fourth-order valence-corrected chi connectivity index (χ4v) is 1.91. The van der Waals surface area contributed by atoms with E-state index >= 15 is 0 Å². The van der Waals surface area contributed by atoms with Crippen LogP contribution in [-0.2, 0) is 0 Å². The van der Waals surface area contributed by atoms with Crippen LogP contribution in [0.15, 0.2) is 18.3 Å². The second kappa shape index (κ2) is 4.71. The van der Waals surface area contributed by atoms with Crippen molar-refractivity contribution < 1.29 is 9.90 Å². The van der Waals surface area contributed by atoms with Crippen molar-refractivity contribution in [3.05, 3.63) is 23.9 Å². The van der Waals surface area contributed by atoms with Gasteiger partial charge in [0.25, 0.3) is 5.91 Å². The van der Waals surface area contributed by atoms with Crippen LogP contribution in [0.4, 0.5) is 5.82 Å². The Balaban J connectivity index is 2.10. The zero-order valence-electron chi connectivity index (χ0n) is 10.1. The molecule has 0 aromatic carbocycles. The molecule has 0 bridgehead atoms. The number of hydrogen-bond acceptors (Lipinski definition) is 4. The van der Waals surface area contributed by atoms with E-state index in [2.05, 4.69) is 4.98 Å². The fraction of sp³-hybridized carbons (Fsp3) is 0.500. The second-order valence-electron chi connectivity index (χ2n) is 4.49. The van der Waals surface area contributed by atoms with E-state index in [4.69, 9.17) is 0 Å². The third-order valence-electron chi connectivity index (χ3n) is 2.89. The number of anilines is 1. The van der Waals surface area contributed by atoms with Crippen LogP contribution in [0.25, 0.3) is 0 Å². The normalized spacial score (nSPS) is 19.5. The van der Waals surface area contributed by atoms with Gasteiger partial charge in [0.05, 0.1) is 11.7 Å². The quantitative estimate of drug-likeness (QED) is 0.804. The molecule has 1 unspecified atom stereocenters. The molecule has 1 amide bonds. The molecule has 5 heteroatoms. The fourth-order valence-electron chi connectivity index (χ4n) is 1.91. The number of carbonyl (C=O) groups is 1. The van der Waals surface area contributed by atoms with Gasteiger partial charge in [0.1, 0.15) is 5.82 Å². The van der Waals surface area contributed by atoms with Crippen molar-refractivity contribution in [1.82, 2.24) is 9.88 Å². The second-order valence-corrected chi connectivity index (χ2v) is 4.49. The minimum absolute atomic E-state index is 0.0505. The number of β-amino-alcohol motifs (C(OH)–C–C–N with tert-alkyl or cyclic N) is 1. The van der Waals surface area contributed by atoms with E-state index in [1.807, 2.05) is 11.0 Å². The number of nitrogens with zero attached hydrogens (tertiary/aromatic N) is 3. The van der Waals surface area contributed by atoms with Crippen LogP contribution in [0.1, 0.15) is 16.8 Å². The molecule has 2 heterocycles.